The maximum atomic E-state index is 13.2. The second-order valence-electron chi connectivity index (χ2n) is 21.7. The second-order valence-corrected chi connectivity index (χ2v) is 27.4. The van der Waals surface area contributed by atoms with Gasteiger partial charge in [0.15, 0.2) is 11.7 Å². The van der Waals surface area contributed by atoms with E-state index in [1.54, 1.807) is 9.80 Å². The number of ether oxygens (including phenoxy) is 5. The molecule has 2 aromatic rings. The van der Waals surface area contributed by atoms with E-state index in [2.05, 4.69) is 73.4 Å². The van der Waals surface area contributed by atoms with Crippen molar-refractivity contribution >= 4 is 60.7 Å². The number of amides is 4. The molecular formula is C50H72N8O9Si. The highest BCUT2D eigenvalue weighted by Gasteiger charge is 2.40. The van der Waals surface area contributed by atoms with Crippen LogP contribution in [0.15, 0.2) is 40.5 Å². The molecule has 1 fully saturated rings. The van der Waals surface area contributed by atoms with Crippen LogP contribution in [-0.2, 0) is 23.8 Å². The van der Waals surface area contributed by atoms with E-state index in [1.165, 1.54) is 21.7 Å². The second kappa shape index (κ2) is 19.8. The standard InChI is InChI=1S/C28H42N4O5Si.C22H30N4O4/c1-19-15-24-23(16-22(19)21-9-11-30(12-10-21)27(34)37-28(3,4)5)32-20(2)26(33)31(29-25(32)17-36-24)18-35-13-14-38(6,7)8;1-13-10-18-17(26-14(2)20(27)24-23-19(26)12-29-18)11-16(13)15-6-8-25(9-7-15)21(28)30-22(3,4)5/h9,15-16,20H,10-14,17-18H2,1-8H3;10-11,14-15H,6-9,12H2,1-5H3,(H,24,27). The van der Waals surface area contributed by atoms with E-state index in [1.807, 2.05) is 71.3 Å². The van der Waals surface area contributed by atoms with Crippen molar-refractivity contribution in [3.63, 3.8) is 0 Å². The fourth-order valence-electron chi connectivity index (χ4n) is 9.05. The fraction of sp³-hybridized carbons (Fsp3) is 0.600. The summed E-state index contributed by atoms with van der Waals surface area (Å²) in [5.41, 5.74) is 9.04. The molecule has 0 radical (unpaired) electrons. The Hall–Kier alpha value is -5.62. The Morgan fingerprint density at radius 2 is 1.38 bits per heavy atom. The average Bonchev–Trinajstić information content (AvgIpc) is 3.26. The van der Waals surface area contributed by atoms with Crippen LogP contribution in [0.4, 0.5) is 21.0 Å². The summed E-state index contributed by atoms with van der Waals surface area (Å²) in [6.45, 7) is 29.9. The Balaban J connectivity index is 0.000000207. The number of carbonyl (C=O) groups excluding carboxylic acids is 4. The maximum Gasteiger partial charge on any atom is 0.410 e. The molecule has 8 rings (SSSR count). The molecule has 1 saturated heterocycles. The molecule has 6 aliphatic rings. The molecule has 2 unspecified atom stereocenters. The van der Waals surface area contributed by atoms with Gasteiger partial charge in [-0.1, -0.05) is 25.7 Å². The topological polar surface area (TPSA) is 167 Å². The number of amidine groups is 2. The van der Waals surface area contributed by atoms with Crippen molar-refractivity contribution in [1.82, 2.24) is 20.2 Å². The lowest BCUT2D eigenvalue weighted by atomic mass is 9.86. The predicted octanol–water partition coefficient (Wildman–Crippen LogP) is 8.21. The van der Waals surface area contributed by atoms with E-state index in [4.69, 9.17) is 23.7 Å². The van der Waals surface area contributed by atoms with Crippen LogP contribution in [0.1, 0.15) is 103 Å². The van der Waals surface area contributed by atoms with Gasteiger partial charge < -0.3 is 43.3 Å². The molecule has 18 heteroatoms. The number of carbonyl (C=O) groups is 4. The molecule has 0 bridgehead atoms. The van der Waals surface area contributed by atoms with E-state index >= 15 is 0 Å². The van der Waals surface area contributed by atoms with Crippen molar-refractivity contribution in [1.29, 1.82) is 0 Å². The average molecular weight is 957 g/mol. The summed E-state index contributed by atoms with van der Waals surface area (Å²) in [6, 6.07) is 8.60. The van der Waals surface area contributed by atoms with Gasteiger partial charge in [-0.3, -0.25) is 9.59 Å². The minimum atomic E-state index is -1.21. The molecule has 4 amide bonds. The monoisotopic (exact) mass is 957 g/mol. The number of nitrogens with zero attached hydrogens (tertiary/aromatic N) is 7. The highest BCUT2D eigenvalue weighted by atomic mass is 28.3. The third-order valence-electron chi connectivity index (χ3n) is 12.7. The number of hydrazone groups is 2. The highest BCUT2D eigenvalue weighted by Crippen LogP contribution is 2.43. The van der Waals surface area contributed by atoms with Crippen LogP contribution in [0.5, 0.6) is 11.5 Å². The molecule has 0 aliphatic carbocycles. The zero-order valence-electron chi connectivity index (χ0n) is 42.4. The first-order chi connectivity index (χ1) is 31.9. The lowest BCUT2D eigenvalue weighted by molar-refractivity contribution is -0.138. The first kappa shape index (κ1) is 50.3. The van der Waals surface area contributed by atoms with Crippen molar-refractivity contribution in [2.75, 3.05) is 62.5 Å². The van der Waals surface area contributed by atoms with Crippen molar-refractivity contribution in [2.45, 2.75) is 143 Å². The van der Waals surface area contributed by atoms with Gasteiger partial charge in [0.2, 0.25) is 0 Å². The van der Waals surface area contributed by atoms with E-state index in [-0.39, 0.29) is 36.8 Å². The molecule has 0 aromatic heterocycles. The molecule has 1 N–H and O–H groups in total. The highest BCUT2D eigenvalue weighted by molar-refractivity contribution is 6.76. The quantitative estimate of drug-likeness (QED) is 0.210. The maximum absolute atomic E-state index is 13.2. The fourth-order valence-corrected chi connectivity index (χ4v) is 9.81. The third-order valence-corrected chi connectivity index (χ3v) is 14.4. The van der Waals surface area contributed by atoms with Gasteiger partial charge in [-0.2, -0.15) is 10.2 Å². The van der Waals surface area contributed by atoms with Crippen LogP contribution in [0.25, 0.3) is 5.57 Å². The Bertz CT molecular complexity index is 2370. The van der Waals surface area contributed by atoms with Crippen LogP contribution >= 0.6 is 0 Å². The van der Waals surface area contributed by atoms with Gasteiger partial charge >= 0.3 is 12.2 Å². The van der Waals surface area contributed by atoms with Gasteiger partial charge in [-0.15, -0.1) is 0 Å². The summed E-state index contributed by atoms with van der Waals surface area (Å²) in [5.74, 6) is 3.05. The summed E-state index contributed by atoms with van der Waals surface area (Å²) < 4.78 is 28.8. The number of hydrogen-bond acceptors (Lipinski definition) is 13. The first-order valence-electron chi connectivity index (χ1n) is 24.0. The summed E-state index contributed by atoms with van der Waals surface area (Å²) in [5, 5.41) is 10.2. The number of benzene rings is 2. The van der Waals surface area contributed by atoms with Gasteiger partial charge in [0.05, 0.1) is 11.4 Å². The number of aryl methyl sites for hydroxylation is 2. The Kier molecular flexibility index (Phi) is 14.6. The molecule has 6 heterocycles. The van der Waals surface area contributed by atoms with E-state index in [9.17, 15) is 19.2 Å². The summed E-state index contributed by atoms with van der Waals surface area (Å²) >= 11 is 0. The molecule has 370 valence electrons. The number of rotatable bonds is 7. The summed E-state index contributed by atoms with van der Waals surface area (Å²) in [4.78, 5) is 57.7. The Morgan fingerprint density at radius 1 is 0.794 bits per heavy atom. The lowest BCUT2D eigenvalue weighted by Gasteiger charge is -2.41. The van der Waals surface area contributed by atoms with Crippen LogP contribution < -0.4 is 24.7 Å². The minimum absolute atomic E-state index is 0.0957. The van der Waals surface area contributed by atoms with Gasteiger partial charge in [0, 0.05) is 40.9 Å². The van der Waals surface area contributed by atoms with Crippen molar-refractivity contribution in [3.8, 4) is 11.5 Å². The Morgan fingerprint density at radius 3 is 1.99 bits per heavy atom. The molecule has 2 aromatic carbocycles. The van der Waals surface area contributed by atoms with Crippen molar-refractivity contribution in [3.05, 3.63) is 52.6 Å². The molecule has 2 atom stereocenters. The molecule has 6 aliphatic heterocycles. The number of anilines is 2. The van der Waals surface area contributed by atoms with E-state index in [0.717, 1.165) is 59.3 Å². The zero-order chi connectivity index (χ0) is 49.5. The summed E-state index contributed by atoms with van der Waals surface area (Å²) in [7, 11) is -1.21. The molecule has 17 nitrogen and oxygen atoms in total. The number of hydrogen-bond donors (Lipinski definition) is 1. The summed E-state index contributed by atoms with van der Waals surface area (Å²) in [6.07, 6.45) is 4.01. The van der Waals surface area contributed by atoms with Crippen LogP contribution in [-0.4, -0.2) is 135 Å². The normalized spacial score (nSPS) is 20.7. The lowest BCUT2D eigenvalue weighted by Crippen LogP contribution is -2.57. The smallest absolute Gasteiger partial charge is 0.410 e. The van der Waals surface area contributed by atoms with Crippen LogP contribution in [0.2, 0.25) is 25.7 Å². The molecular weight excluding hydrogens is 885 g/mol. The van der Waals surface area contributed by atoms with Gasteiger partial charge in [0.25, 0.3) is 11.8 Å². The van der Waals surface area contributed by atoms with Gasteiger partial charge in [-0.25, -0.2) is 20.0 Å². The van der Waals surface area contributed by atoms with Gasteiger partial charge in [-0.05, 0) is 153 Å². The molecule has 0 spiro atoms. The van der Waals surface area contributed by atoms with Crippen molar-refractivity contribution < 1.29 is 42.9 Å². The Labute approximate surface area is 402 Å². The van der Waals surface area contributed by atoms with E-state index < -0.39 is 25.3 Å². The first-order valence-corrected chi connectivity index (χ1v) is 27.7. The number of nitrogens with one attached hydrogen (secondary N) is 1. The number of piperidine rings is 1. The zero-order valence-corrected chi connectivity index (χ0v) is 43.4. The molecule has 68 heavy (non-hydrogen) atoms. The number of fused-ring (bicyclic) bond motifs is 6. The largest absolute Gasteiger partial charge is 0.483 e. The van der Waals surface area contributed by atoms with Crippen LogP contribution in [0, 0.1) is 13.8 Å². The minimum Gasteiger partial charge on any atom is -0.483 e. The van der Waals surface area contributed by atoms with Gasteiger partial charge in [0.1, 0.15) is 54.7 Å². The van der Waals surface area contributed by atoms with E-state index in [0.29, 0.717) is 63.6 Å². The van der Waals surface area contributed by atoms with Crippen molar-refractivity contribution in [2.24, 2.45) is 10.2 Å². The van der Waals surface area contributed by atoms with Crippen LogP contribution in [0.3, 0.4) is 0 Å². The number of likely N-dealkylation sites (tertiary alicyclic amines) is 1. The third kappa shape index (κ3) is 11.6. The predicted molar refractivity (Wildman–Crippen MR) is 266 cm³/mol. The molecule has 0 saturated carbocycles. The SMILES string of the molecule is Cc1cc2c(cc1C1=CCN(C(=O)OC(C)(C)C)CC1)N1C(=NN(COCC[Si](C)(C)C)C(=O)C1C)CO2.Cc1cc2c(cc1C1CCN(C(=O)OC(C)(C)C)CC1)N1C(=NNC(=O)C1C)CO2.